The van der Waals surface area contributed by atoms with Gasteiger partial charge in [0, 0.05) is 6.20 Å². The SMILES string of the molecule is C/C=C/NC(=O)NC(C)c1ccc(CC)cc1. The summed E-state index contributed by atoms with van der Waals surface area (Å²) in [5, 5.41) is 5.49. The maximum atomic E-state index is 11.4. The molecular formula is C14H20N2O. The molecule has 1 aromatic carbocycles. The Kier molecular flexibility index (Phi) is 5.27. The predicted octanol–water partition coefficient (Wildman–Crippen LogP) is 3.14. The van der Waals surface area contributed by atoms with Gasteiger partial charge in [0.1, 0.15) is 0 Å². The molecule has 1 unspecified atom stereocenters. The summed E-state index contributed by atoms with van der Waals surface area (Å²) in [5.74, 6) is 0. The topological polar surface area (TPSA) is 41.1 Å². The van der Waals surface area contributed by atoms with Crippen molar-refractivity contribution in [2.75, 3.05) is 0 Å². The second kappa shape index (κ2) is 6.74. The lowest BCUT2D eigenvalue weighted by Crippen LogP contribution is -2.34. The Bertz CT molecular complexity index is 382. The van der Waals surface area contributed by atoms with Crippen LogP contribution in [0.15, 0.2) is 36.5 Å². The van der Waals surface area contributed by atoms with Gasteiger partial charge in [0.05, 0.1) is 6.04 Å². The first-order valence-corrected chi connectivity index (χ1v) is 5.94. The first kappa shape index (κ1) is 13.3. The van der Waals surface area contributed by atoms with Crippen molar-refractivity contribution in [3.8, 4) is 0 Å². The highest BCUT2D eigenvalue weighted by molar-refractivity contribution is 5.75. The van der Waals surface area contributed by atoms with Crippen molar-refractivity contribution in [3.05, 3.63) is 47.7 Å². The molecule has 0 spiro atoms. The second-order valence-electron chi connectivity index (χ2n) is 3.93. The van der Waals surface area contributed by atoms with Gasteiger partial charge in [0.15, 0.2) is 0 Å². The van der Waals surface area contributed by atoms with Crippen LogP contribution in [0.25, 0.3) is 0 Å². The minimum absolute atomic E-state index is 0.00571. The molecule has 0 aliphatic carbocycles. The summed E-state index contributed by atoms with van der Waals surface area (Å²) in [4.78, 5) is 11.4. The molecule has 92 valence electrons. The minimum Gasteiger partial charge on any atom is -0.331 e. The summed E-state index contributed by atoms with van der Waals surface area (Å²) in [5.41, 5.74) is 2.41. The second-order valence-corrected chi connectivity index (χ2v) is 3.93. The number of nitrogens with one attached hydrogen (secondary N) is 2. The van der Waals surface area contributed by atoms with E-state index in [0.717, 1.165) is 12.0 Å². The Morgan fingerprint density at radius 2 is 2.00 bits per heavy atom. The first-order valence-electron chi connectivity index (χ1n) is 5.94. The molecule has 17 heavy (non-hydrogen) atoms. The molecule has 0 bridgehead atoms. The summed E-state index contributed by atoms with van der Waals surface area (Å²) in [6, 6.07) is 8.12. The highest BCUT2D eigenvalue weighted by atomic mass is 16.2. The van der Waals surface area contributed by atoms with Gasteiger partial charge in [-0.2, -0.15) is 0 Å². The van der Waals surface area contributed by atoms with E-state index in [0.29, 0.717) is 0 Å². The number of benzene rings is 1. The maximum Gasteiger partial charge on any atom is 0.319 e. The Hall–Kier alpha value is -1.77. The normalized spacial score (nSPS) is 12.4. The molecule has 0 aromatic heterocycles. The summed E-state index contributed by atoms with van der Waals surface area (Å²) >= 11 is 0. The van der Waals surface area contributed by atoms with Crippen molar-refractivity contribution < 1.29 is 4.79 Å². The lowest BCUT2D eigenvalue weighted by Gasteiger charge is -2.14. The molecule has 1 rings (SSSR count). The van der Waals surface area contributed by atoms with E-state index in [-0.39, 0.29) is 12.1 Å². The van der Waals surface area contributed by atoms with Gasteiger partial charge in [0.2, 0.25) is 0 Å². The van der Waals surface area contributed by atoms with Crippen molar-refractivity contribution >= 4 is 6.03 Å². The maximum absolute atomic E-state index is 11.4. The Morgan fingerprint density at radius 3 is 2.53 bits per heavy atom. The largest absolute Gasteiger partial charge is 0.331 e. The smallest absolute Gasteiger partial charge is 0.319 e. The van der Waals surface area contributed by atoms with Crippen molar-refractivity contribution in [1.29, 1.82) is 0 Å². The van der Waals surface area contributed by atoms with Gasteiger partial charge in [-0.25, -0.2) is 4.79 Å². The third kappa shape index (κ3) is 4.31. The highest BCUT2D eigenvalue weighted by Gasteiger charge is 2.07. The van der Waals surface area contributed by atoms with Gasteiger partial charge in [-0.15, -0.1) is 0 Å². The Balaban J connectivity index is 2.56. The van der Waals surface area contributed by atoms with Crippen LogP contribution in [-0.2, 0) is 6.42 Å². The van der Waals surface area contributed by atoms with Gasteiger partial charge in [-0.05, 0) is 31.4 Å². The van der Waals surface area contributed by atoms with E-state index >= 15 is 0 Å². The number of hydrogen-bond acceptors (Lipinski definition) is 1. The highest BCUT2D eigenvalue weighted by Crippen LogP contribution is 2.13. The van der Waals surface area contributed by atoms with Crippen LogP contribution in [0.2, 0.25) is 0 Å². The summed E-state index contributed by atoms with van der Waals surface area (Å²) < 4.78 is 0. The van der Waals surface area contributed by atoms with Crippen molar-refractivity contribution in [3.63, 3.8) is 0 Å². The van der Waals surface area contributed by atoms with Gasteiger partial charge in [-0.1, -0.05) is 37.3 Å². The van der Waals surface area contributed by atoms with Crippen molar-refractivity contribution in [2.45, 2.75) is 33.2 Å². The average Bonchev–Trinajstić information content (AvgIpc) is 2.36. The van der Waals surface area contributed by atoms with Gasteiger partial charge < -0.3 is 10.6 Å². The van der Waals surface area contributed by atoms with Gasteiger partial charge in [-0.3, -0.25) is 0 Å². The number of carbonyl (C=O) groups is 1. The molecule has 1 aromatic rings. The number of carbonyl (C=O) groups excluding carboxylic acids is 1. The number of urea groups is 1. The summed E-state index contributed by atoms with van der Waals surface area (Å²) in [6.07, 6.45) is 4.42. The lowest BCUT2D eigenvalue weighted by atomic mass is 10.1. The number of allylic oxidation sites excluding steroid dienone is 1. The van der Waals surface area contributed by atoms with Crippen molar-refractivity contribution in [2.24, 2.45) is 0 Å². The molecule has 0 saturated carbocycles. The number of hydrogen-bond donors (Lipinski definition) is 2. The molecule has 0 heterocycles. The van der Waals surface area contributed by atoms with E-state index < -0.39 is 0 Å². The molecule has 2 amide bonds. The van der Waals surface area contributed by atoms with Crippen LogP contribution in [0.1, 0.15) is 37.9 Å². The minimum atomic E-state index is -0.185. The Labute approximate surface area is 103 Å². The third-order valence-corrected chi connectivity index (χ3v) is 2.62. The fourth-order valence-corrected chi connectivity index (χ4v) is 1.52. The van der Waals surface area contributed by atoms with Gasteiger partial charge >= 0.3 is 6.03 Å². The molecule has 0 aliphatic rings. The molecule has 3 nitrogen and oxygen atoms in total. The van der Waals surface area contributed by atoms with E-state index in [1.165, 1.54) is 5.56 Å². The van der Waals surface area contributed by atoms with Crippen LogP contribution in [0.3, 0.4) is 0 Å². The Morgan fingerprint density at radius 1 is 1.35 bits per heavy atom. The van der Waals surface area contributed by atoms with Crippen LogP contribution < -0.4 is 10.6 Å². The zero-order valence-corrected chi connectivity index (χ0v) is 10.7. The quantitative estimate of drug-likeness (QED) is 0.822. The standard InChI is InChI=1S/C14H20N2O/c1-4-10-15-14(17)16-11(3)13-8-6-12(5-2)7-9-13/h4,6-11H,5H2,1-3H3,(H2,15,16,17)/b10-4+. The summed E-state index contributed by atoms with van der Waals surface area (Å²) in [7, 11) is 0. The van der Waals surface area contributed by atoms with Crippen LogP contribution >= 0.6 is 0 Å². The summed E-state index contributed by atoms with van der Waals surface area (Å²) in [6.45, 7) is 5.95. The zero-order valence-electron chi connectivity index (χ0n) is 10.7. The molecular weight excluding hydrogens is 212 g/mol. The van der Waals surface area contributed by atoms with E-state index in [9.17, 15) is 4.79 Å². The molecule has 0 fully saturated rings. The van der Waals surface area contributed by atoms with E-state index in [2.05, 4.69) is 41.8 Å². The van der Waals surface area contributed by atoms with E-state index in [4.69, 9.17) is 0 Å². The number of amides is 2. The van der Waals surface area contributed by atoms with Gasteiger partial charge in [0.25, 0.3) is 0 Å². The molecule has 3 heteroatoms. The first-order chi connectivity index (χ1) is 8.17. The third-order valence-electron chi connectivity index (χ3n) is 2.62. The number of aryl methyl sites for hydroxylation is 1. The molecule has 0 aliphatic heterocycles. The molecule has 2 N–H and O–H groups in total. The fourth-order valence-electron chi connectivity index (χ4n) is 1.52. The monoisotopic (exact) mass is 232 g/mol. The van der Waals surface area contributed by atoms with Crippen LogP contribution in [0.4, 0.5) is 4.79 Å². The molecule has 1 atom stereocenters. The lowest BCUT2D eigenvalue weighted by molar-refractivity contribution is 0.241. The fraction of sp³-hybridized carbons (Fsp3) is 0.357. The van der Waals surface area contributed by atoms with E-state index in [1.807, 2.05) is 13.8 Å². The van der Waals surface area contributed by atoms with Crippen LogP contribution in [-0.4, -0.2) is 6.03 Å². The van der Waals surface area contributed by atoms with Crippen LogP contribution in [0, 0.1) is 0 Å². The van der Waals surface area contributed by atoms with E-state index in [1.54, 1.807) is 12.3 Å². The molecule has 0 saturated heterocycles. The van der Waals surface area contributed by atoms with Crippen LogP contribution in [0.5, 0.6) is 0 Å². The number of rotatable bonds is 4. The average molecular weight is 232 g/mol. The zero-order chi connectivity index (χ0) is 12.7. The molecule has 0 radical (unpaired) electrons. The predicted molar refractivity (Wildman–Crippen MR) is 70.7 cm³/mol. The van der Waals surface area contributed by atoms with Crippen molar-refractivity contribution in [1.82, 2.24) is 10.6 Å².